The number of nitrogens with zero attached hydrogens (tertiary/aromatic N) is 2. The van der Waals surface area contributed by atoms with Gasteiger partial charge in [-0.1, -0.05) is 0 Å². The Balaban J connectivity index is 2.21. The quantitative estimate of drug-likeness (QED) is 0.771. The Kier molecular flexibility index (Phi) is 3.75. The molecule has 0 aliphatic carbocycles. The first-order chi connectivity index (χ1) is 8.27. The first-order valence-corrected chi connectivity index (χ1v) is 5.82. The van der Waals surface area contributed by atoms with Crippen molar-refractivity contribution in [3.8, 4) is 0 Å². The molecule has 0 saturated carbocycles. The van der Waals surface area contributed by atoms with Crippen molar-refractivity contribution >= 4 is 5.91 Å². The second kappa shape index (κ2) is 5.29. The van der Waals surface area contributed by atoms with Crippen LogP contribution in [-0.4, -0.2) is 52.4 Å². The fourth-order valence-corrected chi connectivity index (χ4v) is 1.96. The summed E-state index contributed by atoms with van der Waals surface area (Å²) in [5.41, 5.74) is 2.27. The SMILES string of the molecule is CCN(CCO)C(=O)c1n[nH]c2c1COCC2. The lowest BCUT2D eigenvalue weighted by Gasteiger charge is -2.19. The number of nitrogens with one attached hydrogen (secondary N) is 1. The molecule has 1 aliphatic heterocycles. The van der Waals surface area contributed by atoms with E-state index >= 15 is 0 Å². The molecule has 17 heavy (non-hydrogen) atoms. The smallest absolute Gasteiger partial charge is 0.274 e. The van der Waals surface area contributed by atoms with Gasteiger partial charge in [-0.25, -0.2) is 0 Å². The summed E-state index contributed by atoms with van der Waals surface area (Å²) in [6.07, 6.45) is 0.766. The first kappa shape index (κ1) is 12.1. The van der Waals surface area contributed by atoms with Gasteiger partial charge in [-0.05, 0) is 6.92 Å². The Bertz CT molecular complexity index is 403. The summed E-state index contributed by atoms with van der Waals surface area (Å²) in [6.45, 7) is 3.83. The standard InChI is InChI=1S/C11H17N3O3/c1-2-14(4-5-15)11(16)10-8-7-17-6-3-9(8)12-13-10/h15H,2-7H2,1H3,(H,12,13). The molecule has 0 saturated heterocycles. The second-order valence-corrected chi connectivity index (χ2v) is 3.94. The van der Waals surface area contributed by atoms with E-state index in [1.165, 1.54) is 0 Å². The van der Waals surface area contributed by atoms with Crippen molar-refractivity contribution < 1.29 is 14.6 Å². The van der Waals surface area contributed by atoms with E-state index in [0.29, 0.717) is 32.0 Å². The van der Waals surface area contributed by atoms with Crippen molar-refractivity contribution in [1.82, 2.24) is 15.1 Å². The van der Waals surface area contributed by atoms with Gasteiger partial charge >= 0.3 is 0 Å². The highest BCUT2D eigenvalue weighted by Gasteiger charge is 2.24. The highest BCUT2D eigenvalue weighted by Crippen LogP contribution is 2.19. The maximum Gasteiger partial charge on any atom is 0.274 e. The molecule has 2 rings (SSSR count). The van der Waals surface area contributed by atoms with E-state index in [4.69, 9.17) is 9.84 Å². The number of carbonyl (C=O) groups is 1. The third-order valence-electron chi connectivity index (χ3n) is 2.94. The van der Waals surface area contributed by atoms with Crippen molar-refractivity contribution in [1.29, 1.82) is 0 Å². The molecule has 94 valence electrons. The number of amides is 1. The molecule has 1 aromatic rings. The number of aliphatic hydroxyl groups excluding tert-OH is 1. The van der Waals surface area contributed by atoms with Crippen LogP contribution in [0.15, 0.2) is 0 Å². The van der Waals surface area contributed by atoms with Crippen LogP contribution in [0.4, 0.5) is 0 Å². The Morgan fingerprint density at radius 3 is 3.18 bits per heavy atom. The molecule has 1 aliphatic rings. The van der Waals surface area contributed by atoms with Gasteiger partial charge < -0.3 is 14.7 Å². The molecule has 6 heteroatoms. The number of hydrogen-bond acceptors (Lipinski definition) is 4. The lowest BCUT2D eigenvalue weighted by atomic mass is 10.1. The highest BCUT2D eigenvalue weighted by molar-refractivity contribution is 5.94. The van der Waals surface area contributed by atoms with E-state index in [1.807, 2.05) is 6.92 Å². The van der Waals surface area contributed by atoms with Crippen LogP contribution >= 0.6 is 0 Å². The number of carbonyl (C=O) groups excluding carboxylic acids is 1. The monoisotopic (exact) mass is 239 g/mol. The number of fused-ring (bicyclic) bond motifs is 1. The van der Waals surface area contributed by atoms with Gasteiger partial charge in [0.2, 0.25) is 0 Å². The van der Waals surface area contributed by atoms with Gasteiger partial charge in [0.1, 0.15) is 0 Å². The minimum absolute atomic E-state index is 0.0390. The zero-order valence-electron chi connectivity index (χ0n) is 9.90. The van der Waals surface area contributed by atoms with Gasteiger partial charge in [-0.15, -0.1) is 0 Å². The molecule has 0 radical (unpaired) electrons. The van der Waals surface area contributed by atoms with E-state index in [-0.39, 0.29) is 12.5 Å². The van der Waals surface area contributed by atoms with Crippen LogP contribution in [-0.2, 0) is 17.8 Å². The molecule has 0 atom stereocenters. The molecule has 0 aromatic carbocycles. The zero-order valence-corrected chi connectivity index (χ0v) is 9.90. The number of rotatable bonds is 4. The summed E-state index contributed by atoms with van der Waals surface area (Å²) < 4.78 is 5.34. The van der Waals surface area contributed by atoms with E-state index < -0.39 is 0 Å². The number of hydrogen-bond donors (Lipinski definition) is 2. The third kappa shape index (κ3) is 2.32. The number of likely N-dealkylation sites (N-methyl/N-ethyl adjacent to an activating group) is 1. The van der Waals surface area contributed by atoms with Crippen molar-refractivity contribution in [3.63, 3.8) is 0 Å². The lowest BCUT2D eigenvalue weighted by Crippen LogP contribution is -2.34. The molecule has 1 aromatic heterocycles. The molecular formula is C11H17N3O3. The normalized spacial score (nSPS) is 14.5. The van der Waals surface area contributed by atoms with Gasteiger partial charge in [-0.2, -0.15) is 5.10 Å². The third-order valence-corrected chi connectivity index (χ3v) is 2.94. The summed E-state index contributed by atoms with van der Waals surface area (Å²) >= 11 is 0. The summed E-state index contributed by atoms with van der Waals surface area (Å²) in [5, 5.41) is 15.9. The lowest BCUT2D eigenvalue weighted by molar-refractivity contribution is 0.0713. The predicted molar refractivity (Wildman–Crippen MR) is 60.6 cm³/mol. The number of H-pyrrole nitrogens is 1. The zero-order chi connectivity index (χ0) is 12.3. The van der Waals surface area contributed by atoms with Crippen LogP contribution < -0.4 is 0 Å². The van der Waals surface area contributed by atoms with Gasteiger partial charge in [0.05, 0.1) is 19.8 Å². The fourth-order valence-electron chi connectivity index (χ4n) is 1.96. The van der Waals surface area contributed by atoms with Crippen molar-refractivity contribution in [2.75, 3.05) is 26.3 Å². The van der Waals surface area contributed by atoms with Crippen molar-refractivity contribution in [2.24, 2.45) is 0 Å². The Hall–Kier alpha value is -1.40. The Morgan fingerprint density at radius 2 is 2.47 bits per heavy atom. The van der Waals surface area contributed by atoms with Crippen LogP contribution in [0.2, 0.25) is 0 Å². The summed E-state index contributed by atoms with van der Waals surface area (Å²) in [7, 11) is 0. The molecule has 1 amide bonds. The van der Waals surface area contributed by atoms with Gasteiger partial charge in [0.15, 0.2) is 5.69 Å². The second-order valence-electron chi connectivity index (χ2n) is 3.94. The van der Waals surface area contributed by atoms with E-state index in [0.717, 1.165) is 17.7 Å². The van der Waals surface area contributed by atoms with Gasteiger partial charge in [0, 0.05) is 30.8 Å². The average molecular weight is 239 g/mol. The maximum atomic E-state index is 12.2. The van der Waals surface area contributed by atoms with Gasteiger partial charge in [-0.3, -0.25) is 9.89 Å². The minimum Gasteiger partial charge on any atom is -0.395 e. The molecular weight excluding hydrogens is 222 g/mol. The van der Waals surface area contributed by atoms with Crippen LogP contribution in [0.3, 0.4) is 0 Å². The largest absolute Gasteiger partial charge is 0.395 e. The highest BCUT2D eigenvalue weighted by atomic mass is 16.5. The molecule has 6 nitrogen and oxygen atoms in total. The van der Waals surface area contributed by atoms with Gasteiger partial charge in [0.25, 0.3) is 5.91 Å². The predicted octanol–water partition coefficient (Wildman–Crippen LogP) is -0.0632. The molecule has 0 fully saturated rings. The van der Waals surface area contributed by atoms with E-state index in [2.05, 4.69) is 10.2 Å². The number of aromatic nitrogens is 2. The molecule has 0 spiro atoms. The Labute approximate surface area is 99.6 Å². The average Bonchev–Trinajstić information content (AvgIpc) is 2.79. The van der Waals surface area contributed by atoms with Crippen molar-refractivity contribution in [2.45, 2.75) is 20.0 Å². The van der Waals surface area contributed by atoms with Crippen LogP contribution in [0, 0.1) is 0 Å². The summed E-state index contributed by atoms with van der Waals surface area (Å²) in [4.78, 5) is 13.8. The summed E-state index contributed by atoms with van der Waals surface area (Å²) in [6, 6.07) is 0. The minimum atomic E-state index is -0.149. The molecule has 0 unspecified atom stereocenters. The van der Waals surface area contributed by atoms with Crippen LogP contribution in [0.1, 0.15) is 28.7 Å². The molecule has 2 heterocycles. The maximum absolute atomic E-state index is 12.2. The molecule has 0 bridgehead atoms. The first-order valence-electron chi connectivity index (χ1n) is 5.82. The van der Waals surface area contributed by atoms with Crippen molar-refractivity contribution in [3.05, 3.63) is 17.0 Å². The van der Waals surface area contributed by atoms with Crippen LogP contribution in [0.5, 0.6) is 0 Å². The van der Waals surface area contributed by atoms with E-state index in [9.17, 15) is 4.79 Å². The number of aliphatic hydroxyl groups is 1. The van der Waals surface area contributed by atoms with E-state index in [1.54, 1.807) is 4.90 Å². The van der Waals surface area contributed by atoms with Crippen LogP contribution in [0.25, 0.3) is 0 Å². The Morgan fingerprint density at radius 1 is 1.65 bits per heavy atom. The number of ether oxygens (including phenoxy) is 1. The molecule has 2 N–H and O–H groups in total. The fraction of sp³-hybridized carbons (Fsp3) is 0.636. The number of aromatic amines is 1. The topological polar surface area (TPSA) is 78.5 Å². The summed E-state index contributed by atoms with van der Waals surface area (Å²) in [5.74, 6) is -0.149.